The number of nitrogens with zero attached hydrogens (tertiary/aromatic N) is 1. The molecule has 0 aliphatic heterocycles. The topological polar surface area (TPSA) is 99.4 Å². The lowest BCUT2D eigenvalue weighted by atomic mass is 10.1. The molecule has 0 unspecified atom stereocenters. The molecule has 0 spiro atoms. The third-order valence-electron chi connectivity index (χ3n) is 3.17. The second-order valence-electron chi connectivity index (χ2n) is 4.47. The van der Waals surface area contributed by atoms with Crippen LogP contribution < -0.4 is 11.2 Å². The van der Waals surface area contributed by atoms with E-state index < -0.39 is 4.92 Å². The molecule has 0 fully saturated rings. The van der Waals surface area contributed by atoms with Crippen LogP contribution in [0.2, 0.25) is 0 Å². The van der Waals surface area contributed by atoms with Gasteiger partial charge in [0.1, 0.15) is 5.76 Å². The van der Waals surface area contributed by atoms with Crippen molar-refractivity contribution in [3.63, 3.8) is 0 Å². The molecule has 0 radical (unpaired) electrons. The summed E-state index contributed by atoms with van der Waals surface area (Å²) in [6.07, 6.45) is 0. The Morgan fingerprint density at radius 1 is 1.10 bits per heavy atom. The number of anilines is 1. The minimum Gasteiger partial charge on any atom is -0.453 e. The van der Waals surface area contributed by atoms with E-state index in [9.17, 15) is 14.9 Å². The van der Waals surface area contributed by atoms with Crippen molar-refractivity contribution in [1.82, 2.24) is 0 Å². The zero-order valence-corrected chi connectivity index (χ0v) is 10.8. The van der Waals surface area contributed by atoms with Gasteiger partial charge in [0.15, 0.2) is 16.7 Å². The van der Waals surface area contributed by atoms with Crippen LogP contribution in [-0.2, 0) is 0 Å². The molecule has 0 saturated carbocycles. The van der Waals surface area contributed by atoms with Crippen LogP contribution in [0.4, 0.5) is 11.4 Å². The van der Waals surface area contributed by atoms with Gasteiger partial charge in [-0.25, -0.2) is 0 Å². The summed E-state index contributed by atoms with van der Waals surface area (Å²) in [7, 11) is 0. The van der Waals surface area contributed by atoms with Gasteiger partial charge in [0.2, 0.25) is 0 Å². The summed E-state index contributed by atoms with van der Waals surface area (Å²) in [4.78, 5) is 22.4. The van der Waals surface area contributed by atoms with E-state index >= 15 is 0 Å². The lowest BCUT2D eigenvalue weighted by molar-refractivity contribution is -0.383. The first kappa shape index (κ1) is 12.9. The van der Waals surface area contributed by atoms with Gasteiger partial charge in [0, 0.05) is 17.7 Å². The normalized spacial score (nSPS) is 10.7. The Bertz CT molecular complexity index is 901. The monoisotopic (exact) mass is 282 g/mol. The van der Waals surface area contributed by atoms with Crippen molar-refractivity contribution < 1.29 is 9.34 Å². The number of nitro benzene ring substituents is 1. The van der Waals surface area contributed by atoms with E-state index in [4.69, 9.17) is 10.2 Å². The molecule has 0 saturated heterocycles. The van der Waals surface area contributed by atoms with Crippen LogP contribution in [0, 0.1) is 10.1 Å². The van der Waals surface area contributed by atoms with Crippen LogP contribution >= 0.6 is 0 Å². The van der Waals surface area contributed by atoms with Gasteiger partial charge in [-0.2, -0.15) is 0 Å². The molecule has 0 aliphatic rings. The van der Waals surface area contributed by atoms with E-state index in [-0.39, 0.29) is 27.8 Å². The zero-order valence-electron chi connectivity index (χ0n) is 10.8. The fourth-order valence-corrected chi connectivity index (χ4v) is 2.13. The SMILES string of the molecule is Nc1c([N+](=O)[O-])ccc2c(=O)cc(-c3ccccc3)oc12. The maximum atomic E-state index is 12.1. The van der Waals surface area contributed by atoms with Crippen LogP contribution in [-0.4, -0.2) is 4.92 Å². The zero-order chi connectivity index (χ0) is 15.0. The van der Waals surface area contributed by atoms with Gasteiger partial charge in [-0.05, 0) is 6.07 Å². The first-order chi connectivity index (χ1) is 10.1. The van der Waals surface area contributed by atoms with Gasteiger partial charge >= 0.3 is 0 Å². The van der Waals surface area contributed by atoms with Gasteiger partial charge in [0.05, 0.1) is 10.3 Å². The average molecular weight is 282 g/mol. The number of nitrogens with two attached hydrogens (primary N) is 1. The van der Waals surface area contributed by atoms with Gasteiger partial charge in [0.25, 0.3) is 5.69 Å². The Labute approximate surface area is 118 Å². The highest BCUT2D eigenvalue weighted by molar-refractivity contribution is 5.93. The van der Waals surface area contributed by atoms with Gasteiger partial charge in [-0.3, -0.25) is 14.9 Å². The summed E-state index contributed by atoms with van der Waals surface area (Å²) in [5.41, 5.74) is 5.77. The number of rotatable bonds is 2. The van der Waals surface area contributed by atoms with Crippen LogP contribution in [0.25, 0.3) is 22.3 Å². The highest BCUT2D eigenvalue weighted by Gasteiger charge is 2.18. The van der Waals surface area contributed by atoms with E-state index in [1.54, 1.807) is 24.3 Å². The van der Waals surface area contributed by atoms with Crippen molar-refractivity contribution in [1.29, 1.82) is 0 Å². The Kier molecular flexibility index (Phi) is 2.91. The van der Waals surface area contributed by atoms with Crippen molar-refractivity contribution >= 4 is 22.3 Å². The smallest absolute Gasteiger partial charge is 0.296 e. The summed E-state index contributed by atoms with van der Waals surface area (Å²) < 4.78 is 5.62. The Morgan fingerprint density at radius 2 is 1.81 bits per heavy atom. The summed E-state index contributed by atoms with van der Waals surface area (Å²) in [6.45, 7) is 0. The van der Waals surface area contributed by atoms with Crippen LogP contribution in [0.1, 0.15) is 0 Å². The largest absolute Gasteiger partial charge is 0.453 e. The third kappa shape index (κ3) is 2.12. The van der Waals surface area contributed by atoms with E-state index in [0.29, 0.717) is 11.3 Å². The summed E-state index contributed by atoms with van der Waals surface area (Å²) in [5.74, 6) is 0.320. The minimum atomic E-state index is -0.607. The number of benzene rings is 2. The molecule has 21 heavy (non-hydrogen) atoms. The molecule has 0 bridgehead atoms. The van der Waals surface area contributed by atoms with Crippen LogP contribution in [0.5, 0.6) is 0 Å². The Hall–Kier alpha value is -3.15. The molecule has 1 heterocycles. The molecule has 0 aliphatic carbocycles. The molecule has 104 valence electrons. The minimum absolute atomic E-state index is 0.0375. The van der Waals surface area contributed by atoms with Crippen molar-refractivity contribution in [3.8, 4) is 11.3 Å². The first-order valence-electron chi connectivity index (χ1n) is 6.14. The highest BCUT2D eigenvalue weighted by Crippen LogP contribution is 2.31. The molecule has 6 heteroatoms. The quantitative estimate of drug-likeness (QED) is 0.442. The van der Waals surface area contributed by atoms with Crippen LogP contribution in [0.15, 0.2) is 57.7 Å². The molecule has 6 nitrogen and oxygen atoms in total. The van der Waals surface area contributed by atoms with Crippen molar-refractivity contribution in [2.75, 3.05) is 5.73 Å². The number of nitro groups is 1. The molecule has 0 atom stereocenters. The lowest BCUT2D eigenvalue weighted by Gasteiger charge is -2.05. The van der Waals surface area contributed by atoms with Crippen LogP contribution in [0.3, 0.4) is 0 Å². The first-order valence-corrected chi connectivity index (χ1v) is 6.14. The van der Waals surface area contributed by atoms with E-state index in [0.717, 1.165) is 0 Å². The van der Waals surface area contributed by atoms with Crippen molar-refractivity contribution in [2.24, 2.45) is 0 Å². The molecule has 3 aromatic rings. The van der Waals surface area contributed by atoms with E-state index in [1.807, 2.05) is 6.07 Å². The van der Waals surface area contributed by atoms with Gasteiger partial charge < -0.3 is 10.2 Å². The third-order valence-corrected chi connectivity index (χ3v) is 3.17. The maximum absolute atomic E-state index is 12.1. The van der Waals surface area contributed by atoms with Gasteiger partial charge in [-0.15, -0.1) is 0 Å². The predicted molar refractivity (Wildman–Crippen MR) is 79.0 cm³/mol. The van der Waals surface area contributed by atoms with Crippen molar-refractivity contribution in [2.45, 2.75) is 0 Å². The second-order valence-corrected chi connectivity index (χ2v) is 4.47. The maximum Gasteiger partial charge on any atom is 0.296 e. The molecular formula is C15H10N2O4. The number of fused-ring (bicyclic) bond motifs is 1. The lowest BCUT2D eigenvalue weighted by Crippen LogP contribution is -2.04. The summed E-state index contributed by atoms with van der Waals surface area (Å²) >= 11 is 0. The molecule has 0 amide bonds. The fraction of sp³-hybridized carbons (Fsp3) is 0. The Morgan fingerprint density at radius 3 is 2.48 bits per heavy atom. The number of hydrogen-bond acceptors (Lipinski definition) is 5. The Balaban J connectivity index is 2.34. The van der Waals surface area contributed by atoms with E-state index in [1.165, 1.54) is 18.2 Å². The van der Waals surface area contributed by atoms with E-state index in [2.05, 4.69) is 0 Å². The molecule has 3 rings (SSSR count). The summed E-state index contributed by atoms with van der Waals surface area (Å²) in [6, 6.07) is 12.9. The second kappa shape index (κ2) is 4.75. The molecule has 1 aromatic heterocycles. The standard InChI is InChI=1S/C15H10N2O4/c16-14-11(17(19)20)7-6-10-12(18)8-13(21-15(10)14)9-4-2-1-3-5-9/h1-8H,16H2. The van der Waals surface area contributed by atoms with Crippen molar-refractivity contribution in [3.05, 3.63) is 68.9 Å². The summed E-state index contributed by atoms with van der Waals surface area (Å²) in [5, 5.41) is 11.1. The number of hydrogen-bond donors (Lipinski definition) is 1. The molecule has 2 aromatic carbocycles. The number of nitrogen functional groups attached to an aromatic ring is 1. The molecule has 2 N–H and O–H groups in total. The predicted octanol–water partition coefficient (Wildman–Crippen LogP) is 2.95. The highest BCUT2D eigenvalue weighted by atomic mass is 16.6. The van der Waals surface area contributed by atoms with Gasteiger partial charge in [-0.1, -0.05) is 30.3 Å². The molecular weight excluding hydrogens is 272 g/mol. The average Bonchev–Trinajstić information content (AvgIpc) is 2.48. The fourth-order valence-electron chi connectivity index (χ4n) is 2.13.